The van der Waals surface area contributed by atoms with Gasteiger partial charge in [-0.25, -0.2) is 4.39 Å². The third-order valence-corrected chi connectivity index (χ3v) is 2.85. The first-order chi connectivity index (χ1) is 6.41. The molecule has 1 rings (SSSR count). The summed E-state index contributed by atoms with van der Waals surface area (Å²) in [4.78, 5) is 0. The van der Waals surface area contributed by atoms with E-state index in [9.17, 15) is 4.39 Å². The highest BCUT2D eigenvalue weighted by Gasteiger charge is 2.31. The van der Waals surface area contributed by atoms with Gasteiger partial charge in [0, 0.05) is 13.1 Å². The van der Waals surface area contributed by atoms with Crippen LogP contribution in [-0.2, 0) is 0 Å². The van der Waals surface area contributed by atoms with E-state index in [0.717, 1.165) is 32.2 Å². The van der Waals surface area contributed by atoms with Gasteiger partial charge >= 0.3 is 0 Å². The van der Waals surface area contributed by atoms with E-state index in [4.69, 9.17) is 0 Å². The summed E-state index contributed by atoms with van der Waals surface area (Å²) < 4.78 is 14.1. The molecule has 0 heterocycles. The summed E-state index contributed by atoms with van der Waals surface area (Å²) >= 11 is 0. The summed E-state index contributed by atoms with van der Waals surface area (Å²) in [7, 11) is 0. The quantitative estimate of drug-likeness (QED) is 0.739. The van der Waals surface area contributed by atoms with Gasteiger partial charge in [-0.3, -0.25) is 0 Å². The SMILES string of the molecule is CC(C)(C)CNCC1(F)CCCCC1. The average molecular weight is 201 g/mol. The Hall–Kier alpha value is -0.110. The molecule has 0 radical (unpaired) electrons. The van der Waals surface area contributed by atoms with Crippen LogP contribution < -0.4 is 5.32 Å². The van der Waals surface area contributed by atoms with Crippen molar-refractivity contribution in [1.82, 2.24) is 5.32 Å². The molecule has 0 aliphatic heterocycles. The number of nitrogens with one attached hydrogen (secondary N) is 1. The van der Waals surface area contributed by atoms with Crippen molar-refractivity contribution >= 4 is 0 Å². The molecule has 1 saturated carbocycles. The van der Waals surface area contributed by atoms with Crippen LogP contribution in [0.15, 0.2) is 0 Å². The van der Waals surface area contributed by atoms with Gasteiger partial charge < -0.3 is 5.32 Å². The fourth-order valence-electron chi connectivity index (χ4n) is 2.02. The molecular weight excluding hydrogens is 177 g/mol. The van der Waals surface area contributed by atoms with Crippen molar-refractivity contribution in [3.8, 4) is 0 Å². The van der Waals surface area contributed by atoms with E-state index >= 15 is 0 Å². The van der Waals surface area contributed by atoms with Crippen LogP contribution >= 0.6 is 0 Å². The number of alkyl halides is 1. The van der Waals surface area contributed by atoms with Crippen LogP contribution in [0, 0.1) is 5.41 Å². The van der Waals surface area contributed by atoms with Crippen molar-refractivity contribution in [1.29, 1.82) is 0 Å². The maximum Gasteiger partial charge on any atom is 0.123 e. The van der Waals surface area contributed by atoms with Crippen LogP contribution in [0.2, 0.25) is 0 Å². The highest BCUT2D eigenvalue weighted by molar-refractivity contribution is 4.85. The average Bonchev–Trinajstić information content (AvgIpc) is 2.02. The van der Waals surface area contributed by atoms with E-state index in [0.29, 0.717) is 6.54 Å². The minimum absolute atomic E-state index is 0.255. The molecule has 1 aliphatic carbocycles. The molecule has 1 nitrogen and oxygen atoms in total. The lowest BCUT2D eigenvalue weighted by Crippen LogP contribution is -2.41. The fraction of sp³-hybridized carbons (Fsp3) is 1.00. The van der Waals surface area contributed by atoms with Crippen LogP contribution in [0.5, 0.6) is 0 Å². The lowest BCUT2D eigenvalue weighted by atomic mass is 9.86. The summed E-state index contributed by atoms with van der Waals surface area (Å²) in [5, 5.41) is 3.26. The first-order valence-corrected chi connectivity index (χ1v) is 5.81. The van der Waals surface area contributed by atoms with Crippen molar-refractivity contribution in [2.24, 2.45) is 5.41 Å². The van der Waals surface area contributed by atoms with Gasteiger partial charge in [0.05, 0.1) is 0 Å². The molecule has 0 aromatic heterocycles. The Morgan fingerprint density at radius 3 is 2.21 bits per heavy atom. The normalized spacial score (nSPS) is 22.3. The second-order valence-corrected chi connectivity index (χ2v) is 5.88. The Balaban J connectivity index is 2.22. The Kier molecular flexibility index (Phi) is 3.94. The Bertz CT molecular complexity index is 166. The van der Waals surface area contributed by atoms with Crippen LogP contribution in [0.4, 0.5) is 4.39 Å². The maximum atomic E-state index is 14.1. The van der Waals surface area contributed by atoms with Crippen molar-refractivity contribution in [3.05, 3.63) is 0 Å². The van der Waals surface area contributed by atoms with Gasteiger partial charge in [-0.15, -0.1) is 0 Å². The van der Waals surface area contributed by atoms with Gasteiger partial charge in [-0.2, -0.15) is 0 Å². The Morgan fingerprint density at radius 1 is 1.14 bits per heavy atom. The molecule has 1 N–H and O–H groups in total. The number of hydrogen-bond acceptors (Lipinski definition) is 1. The van der Waals surface area contributed by atoms with Crippen LogP contribution in [0.3, 0.4) is 0 Å². The third-order valence-electron chi connectivity index (χ3n) is 2.85. The topological polar surface area (TPSA) is 12.0 Å². The zero-order chi connectivity index (χ0) is 10.7. The number of halogens is 1. The summed E-state index contributed by atoms with van der Waals surface area (Å²) in [6.45, 7) is 7.96. The molecule has 0 saturated heterocycles. The molecule has 0 aromatic rings. The first-order valence-electron chi connectivity index (χ1n) is 5.81. The third kappa shape index (κ3) is 4.41. The molecule has 14 heavy (non-hydrogen) atoms. The molecule has 0 unspecified atom stereocenters. The fourth-order valence-corrected chi connectivity index (χ4v) is 2.02. The minimum atomic E-state index is -0.913. The van der Waals surface area contributed by atoms with Gasteiger partial charge in [0.25, 0.3) is 0 Å². The van der Waals surface area contributed by atoms with E-state index in [1.54, 1.807) is 0 Å². The van der Waals surface area contributed by atoms with Gasteiger partial charge in [0.15, 0.2) is 0 Å². The maximum absolute atomic E-state index is 14.1. The van der Waals surface area contributed by atoms with E-state index in [2.05, 4.69) is 26.1 Å². The molecule has 84 valence electrons. The highest BCUT2D eigenvalue weighted by atomic mass is 19.1. The van der Waals surface area contributed by atoms with Gasteiger partial charge in [-0.1, -0.05) is 40.0 Å². The molecule has 0 amide bonds. The van der Waals surface area contributed by atoms with E-state index in [1.807, 2.05) is 0 Å². The van der Waals surface area contributed by atoms with Crippen molar-refractivity contribution in [2.75, 3.05) is 13.1 Å². The Morgan fingerprint density at radius 2 is 1.71 bits per heavy atom. The van der Waals surface area contributed by atoms with Crippen molar-refractivity contribution in [3.63, 3.8) is 0 Å². The molecule has 0 bridgehead atoms. The molecule has 1 aliphatic rings. The van der Waals surface area contributed by atoms with E-state index in [1.165, 1.54) is 6.42 Å². The number of hydrogen-bond donors (Lipinski definition) is 1. The number of rotatable bonds is 3. The standard InChI is InChI=1S/C12H24FN/c1-11(2,3)9-14-10-12(13)7-5-4-6-8-12/h14H,4-10H2,1-3H3. The van der Waals surface area contributed by atoms with Crippen LogP contribution in [0.25, 0.3) is 0 Å². The zero-order valence-corrected chi connectivity index (χ0v) is 9.83. The zero-order valence-electron chi connectivity index (χ0n) is 9.83. The molecule has 0 atom stereocenters. The van der Waals surface area contributed by atoms with Crippen molar-refractivity contribution < 1.29 is 4.39 Å². The molecule has 0 aromatic carbocycles. The summed E-state index contributed by atoms with van der Waals surface area (Å²) in [6.07, 6.45) is 4.85. The van der Waals surface area contributed by atoms with Gasteiger partial charge in [0.2, 0.25) is 0 Å². The van der Waals surface area contributed by atoms with Crippen molar-refractivity contribution in [2.45, 2.75) is 58.5 Å². The second-order valence-electron chi connectivity index (χ2n) is 5.88. The van der Waals surface area contributed by atoms with Gasteiger partial charge in [0.1, 0.15) is 5.67 Å². The van der Waals surface area contributed by atoms with E-state index in [-0.39, 0.29) is 5.41 Å². The summed E-state index contributed by atoms with van der Waals surface area (Å²) in [5.41, 5.74) is -0.658. The summed E-state index contributed by atoms with van der Waals surface area (Å²) in [5.74, 6) is 0. The first kappa shape index (κ1) is 12.0. The van der Waals surface area contributed by atoms with E-state index < -0.39 is 5.67 Å². The summed E-state index contributed by atoms with van der Waals surface area (Å²) in [6, 6.07) is 0. The minimum Gasteiger partial charge on any atom is -0.313 e. The largest absolute Gasteiger partial charge is 0.313 e. The lowest BCUT2D eigenvalue weighted by molar-refractivity contribution is 0.102. The van der Waals surface area contributed by atoms with Gasteiger partial charge in [-0.05, 0) is 18.3 Å². The smallest absolute Gasteiger partial charge is 0.123 e. The predicted molar refractivity (Wildman–Crippen MR) is 59.2 cm³/mol. The highest BCUT2D eigenvalue weighted by Crippen LogP contribution is 2.31. The Labute approximate surface area is 87.5 Å². The van der Waals surface area contributed by atoms with Crippen LogP contribution in [0.1, 0.15) is 52.9 Å². The molecule has 1 fully saturated rings. The molecule has 2 heteroatoms. The molecular formula is C12H24FN. The molecule has 0 spiro atoms. The second kappa shape index (κ2) is 4.61. The monoisotopic (exact) mass is 201 g/mol. The van der Waals surface area contributed by atoms with Crippen LogP contribution in [-0.4, -0.2) is 18.8 Å². The predicted octanol–water partition coefficient (Wildman–Crippen LogP) is 3.29. The lowest BCUT2D eigenvalue weighted by Gasteiger charge is -2.31.